The maximum absolute atomic E-state index is 12.0. The molecule has 0 radical (unpaired) electrons. The summed E-state index contributed by atoms with van der Waals surface area (Å²) < 4.78 is 10.5. The van der Waals surface area contributed by atoms with Crippen molar-refractivity contribution in [1.29, 1.82) is 0 Å². The van der Waals surface area contributed by atoms with Crippen LogP contribution in [0.15, 0.2) is 24.3 Å². The van der Waals surface area contributed by atoms with E-state index in [1.807, 2.05) is 31.2 Å². The molecule has 0 saturated carbocycles. The van der Waals surface area contributed by atoms with Crippen LogP contribution in [-0.4, -0.2) is 38.8 Å². The Balaban J connectivity index is 1.86. The molecule has 2 rings (SSSR count). The van der Waals surface area contributed by atoms with Crippen molar-refractivity contribution in [2.75, 3.05) is 26.9 Å². The van der Waals surface area contributed by atoms with E-state index in [1.54, 1.807) is 7.11 Å². The van der Waals surface area contributed by atoms with Crippen LogP contribution in [0.2, 0.25) is 0 Å². The van der Waals surface area contributed by atoms with Gasteiger partial charge in [-0.15, -0.1) is 0 Å². The minimum atomic E-state index is -0.0397. The highest BCUT2D eigenvalue weighted by atomic mass is 16.5. The molecule has 5 heteroatoms. The van der Waals surface area contributed by atoms with Gasteiger partial charge in [-0.05, 0) is 24.6 Å². The summed E-state index contributed by atoms with van der Waals surface area (Å²) in [7, 11) is 1.64. The monoisotopic (exact) mass is 278 g/mol. The summed E-state index contributed by atoms with van der Waals surface area (Å²) in [5.41, 5.74) is 1.03. The summed E-state index contributed by atoms with van der Waals surface area (Å²) in [5.74, 6) is 0.828. The van der Waals surface area contributed by atoms with Crippen LogP contribution in [0.5, 0.6) is 5.75 Å². The molecule has 1 fully saturated rings. The number of carbonyl (C=O) groups excluding carboxylic acids is 1. The van der Waals surface area contributed by atoms with Gasteiger partial charge in [-0.1, -0.05) is 12.1 Å². The Kier molecular flexibility index (Phi) is 5.38. The molecule has 0 aromatic heterocycles. The third kappa shape index (κ3) is 4.21. The molecule has 20 heavy (non-hydrogen) atoms. The zero-order valence-electron chi connectivity index (χ0n) is 12.0. The van der Waals surface area contributed by atoms with Gasteiger partial charge in [0.05, 0.1) is 26.4 Å². The Labute approximate surface area is 119 Å². The summed E-state index contributed by atoms with van der Waals surface area (Å²) in [6.45, 7) is 4.10. The lowest BCUT2D eigenvalue weighted by Crippen LogP contribution is -2.44. The second-order valence-corrected chi connectivity index (χ2v) is 5.00. The summed E-state index contributed by atoms with van der Waals surface area (Å²) in [4.78, 5) is 12.0. The SMILES string of the molecule is COc1cccc(C(C)NC(=O)CC2COCCN2)c1. The molecule has 5 nitrogen and oxygen atoms in total. The second-order valence-electron chi connectivity index (χ2n) is 5.00. The molecule has 0 spiro atoms. The fraction of sp³-hybridized carbons (Fsp3) is 0.533. The average molecular weight is 278 g/mol. The first-order chi connectivity index (χ1) is 9.69. The smallest absolute Gasteiger partial charge is 0.222 e. The largest absolute Gasteiger partial charge is 0.497 e. The van der Waals surface area contributed by atoms with E-state index in [1.165, 1.54) is 0 Å². The molecule has 1 aromatic rings. The zero-order chi connectivity index (χ0) is 14.4. The second kappa shape index (κ2) is 7.26. The van der Waals surface area contributed by atoms with Gasteiger partial charge >= 0.3 is 0 Å². The minimum Gasteiger partial charge on any atom is -0.497 e. The molecular weight excluding hydrogens is 256 g/mol. The van der Waals surface area contributed by atoms with Crippen LogP contribution in [0, 0.1) is 0 Å². The lowest BCUT2D eigenvalue weighted by Gasteiger charge is -2.24. The predicted molar refractivity (Wildman–Crippen MR) is 76.8 cm³/mol. The number of morpholine rings is 1. The number of hydrogen-bond donors (Lipinski definition) is 2. The number of nitrogens with one attached hydrogen (secondary N) is 2. The van der Waals surface area contributed by atoms with Crippen LogP contribution >= 0.6 is 0 Å². The van der Waals surface area contributed by atoms with Crippen LogP contribution in [0.25, 0.3) is 0 Å². The van der Waals surface area contributed by atoms with E-state index in [2.05, 4.69) is 10.6 Å². The van der Waals surface area contributed by atoms with Crippen LogP contribution in [0.4, 0.5) is 0 Å². The molecule has 1 aliphatic heterocycles. The molecule has 1 heterocycles. The summed E-state index contributed by atoms with van der Waals surface area (Å²) in [5, 5.41) is 6.28. The molecule has 1 amide bonds. The summed E-state index contributed by atoms with van der Waals surface area (Å²) in [6, 6.07) is 7.81. The van der Waals surface area contributed by atoms with E-state index in [0.29, 0.717) is 13.0 Å². The highest BCUT2D eigenvalue weighted by molar-refractivity contribution is 5.77. The van der Waals surface area contributed by atoms with Crippen molar-refractivity contribution in [3.05, 3.63) is 29.8 Å². The fourth-order valence-electron chi connectivity index (χ4n) is 2.27. The number of ether oxygens (including phenoxy) is 2. The average Bonchev–Trinajstić information content (AvgIpc) is 2.48. The van der Waals surface area contributed by atoms with Crippen molar-refractivity contribution in [2.45, 2.75) is 25.4 Å². The molecule has 1 saturated heterocycles. The van der Waals surface area contributed by atoms with Crippen LogP contribution < -0.4 is 15.4 Å². The Morgan fingerprint density at radius 2 is 2.45 bits per heavy atom. The quantitative estimate of drug-likeness (QED) is 0.851. The fourth-order valence-corrected chi connectivity index (χ4v) is 2.27. The number of hydrogen-bond acceptors (Lipinski definition) is 4. The van der Waals surface area contributed by atoms with Gasteiger partial charge < -0.3 is 20.1 Å². The molecule has 2 unspecified atom stereocenters. The first kappa shape index (κ1) is 14.8. The highest BCUT2D eigenvalue weighted by Crippen LogP contribution is 2.18. The predicted octanol–water partition coefficient (Wildman–Crippen LogP) is 1.25. The maximum atomic E-state index is 12.0. The number of amides is 1. The van der Waals surface area contributed by atoms with Crippen molar-refractivity contribution < 1.29 is 14.3 Å². The lowest BCUT2D eigenvalue weighted by molar-refractivity contribution is -0.122. The molecule has 0 aliphatic carbocycles. The van der Waals surface area contributed by atoms with E-state index in [0.717, 1.165) is 24.5 Å². The van der Waals surface area contributed by atoms with Crippen LogP contribution in [0.1, 0.15) is 24.9 Å². The first-order valence-corrected chi connectivity index (χ1v) is 6.93. The van der Waals surface area contributed by atoms with Gasteiger partial charge in [0.1, 0.15) is 5.75 Å². The van der Waals surface area contributed by atoms with Crippen molar-refractivity contribution in [2.24, 2.45) is 0 Å². The molecule has 2 atom stereocenters. The van der Waals surface area contributed by atoms with Crippen molar-refractivity contribution in [3.8, 4) is 5.75 Å². The highest BCUT2D eigenvalue weighted by Gasteiger charge is 2.18. The van der Waals surface area contributed by atoms with Gasteiger partial charge in [-0.3, -0.25) is 4.79 Å². The number of methoxy groups -OCH3 is 1. The van der Waals surface area contributed by atoms with Crippen LogP contribution in [0.3, 0.4) is 0 Å². The number of rotatable bonds is 5. The van der Waals surface area contributed by atoms with Gasteiger partial charge in [0.15, 0.2) is 0 Å². The van der Waals surface area contributed by atoms with Crippen molar-refractivity contribution in [3.63, 3.8) is 0 Å². The molecule has 0 bridgehead atoms. The molecule has 110 valence electrons. The number of carbonyl (C=O) groups is 1. The van der Waals surface area contributed by atoms with E-state index >= 15 is 0 Å². The minimum absolute atomic E-state index is 0.0309. The molecule has 2 N–H and O–H groups in total. The third-order valence-corrected chi connectivity index (χ3v) is 3.40. The third-order valence-electron chi connectivity index (χ3n) is 3.40. The van der Waals surface area contributed by atoms with Crippen LogP contribution in [-0.2, 0) is 9.53 Å². The zero-order valence-corrected chi connectivity index (χ0v) is 12.0. The summed E-state index contributed by atoms with van der Waals surface area (Å²) in [6.07, 6.45) is 0.439. The van der Waals surface area contributed by atoms with Gasteiger partial charge in [0.2, 0.25) is 5.91 Å². The van der Waals surface area contributed by atoms with E-state index in [-0.39, 0.29) is 18.0 Å². The maximum Gasteiger partial charge on any atom is 0.222 e. The topological polar surface area (TPSA) is 59.6 Å². The Morgan fingerprint density at radius 1 is 1.60 bits per heavy atom. The Hall–Kier alpha value is -1.59. The van der Waals surface area contributed by atoms with Gasteiger partial charge in [0.25, 0.3) is 0 Å². The van der Waals surface area contributed by atoms with E-state index in [9.17, 15) is 4.79 Å². The molecule has 1 aliphatic rings. The molecular formula is C15H22N2O3. The van der Waals surface area contributed by atoms with E-state index in [4.69, 9.17) is 9.47 Å². The van der Waals surface area contributed by atoms with Gasteiger partial charge in [0, 0.05) is 19.0 Å². The first-order valence-electron chi connectivity index (χ1n) is 6.93. The normalized spacial score (nSPS) is 20.2. The van der Waals surface area contributed by atoms with E-state index < -0.39 is 0 Å². The summed E-state index contributed by atoms with van der Waals surface area (Å²) >= 11 is 0. The number of benzene rings is 1. The lowest BCUT2D eigenvalue weighted by atomic mass is 10.1. The van der Waals surface area contributed by atoms with Crippen molar-refractivity contribution >= 4 is 5.91 Å². The molecule has 1 aromatic carbocycles. The Morgan fingerprint density at radius 3 is 3.15 bits per heavy atom. The van der Waals surface area contributed by atoms with Crippen molar-refractivity contribution in [1.82, 2.24) is 10.6 Å². The van der Waals surface area contributed by atoms with Gasteiger partial charge in [-0.2, -0.15) is 0 Å². The van der Waals surface area contributed by atoms with Gasteiger partial charge in [-0.25, -0.2) is 0 Å². The Bertz CT molecular complexity index is 444. The standard InChI is InChI=1S/C15H22N2O3/c1-11(12-4-3-5-14(8-12)19-2)17-15(18)9-13-10-20-7-6-16-13/h3-5,8,11,13,16H,6-7,9-10H2,1-2H3,(H,17,18).